The normalized spacial score (nSPS) is 14.3. The fraction of sp³-hybridized carbons (Fsp3) is 0.0455. The lowest BCUT2D eigenvalue weighted by Crippen LogP contribution is -2.32. The molecule has 1 heterocycles. The van der Waals surface area contributed by atoms with Gasteiger partial charge in [0, 0.05) is 20.2 Å². The molecule has 34 heavy (non-hydrogen) atoms. The van der Waals surface area contributed by atoms with Gasteiger partial charge in [-0.05, 0) is 64.0 Å². The van der Waals surface area contributed by atoms with E-state index in [9.17, 15) is 13.2 Å². The van der Waals surface area contributed by atoms with Gasteiger partial charge in [0.1, 0.15) is 0 Å². The zero-order chi connectivity index (χ0) is 24.5. The number of anilines is 2. The SMILES string of the molecule is NS(=O)(=O)c1cccc(NC(=S)NN=C2C(=O)N(Cc3ccccc3)c3c(Br)cc(Br)cc32)c1. The molecule has 0 aromatic heterocycles. The van der Waals surface area contributed by atoms with Gasteiger partial charge in [-0.3, -0.25) is 10.2 Å². The molecule has 1 aliphatic rings. The van der Waals surface area contributed by atoms with E-state index in [0.717, 1.165) is 14.5 Å². The summed E-state index contributed by atoms with van der Waals surface area (Å²) in [7, 11) is -3.86. The summed E-state index contributed by atoms with van der Waals surface area (Å²) in [5, 5.41) is 12.4. The molecule has 0 spiro atoms. The van der Waals surface area contributed by atoms with E-state index in [-0.39, 0.29) is 21.6 Å². The molecule has 12 heteroatoms. The number of nitrogens with one attached hydrogen (secondary N) is 2. The molecule has 3 aromatic carbocycles. The maximum absolute atomic E-state index is 13.3. The molecular formula is C22H17Br2N5O3S2. The molecule has 0 atom stereocenters. The van der Waals surface area contributed by atoms with E-state index < -0.39 is 10.0 Å². The van der Waals surface area contributed by atoms with Gasteiger partial charge in [0.25, 0.3) is 5.91 Å². The standard InChI is InChI=1S/C22H17Br2N5O3S2/c23-14-9-17-19(27-28-22(33)26-15-7-4-8-16(11-15)34(25,31)32)21(30)29(20(17)18(24)10-14)12-13-5-2-1-3-6-13/h1-11H,12H2,(H2,25,31,32)(H2,26,28,33). The highest BCUT2D eigenvalue weighted by Gasteiger charge is 2.36. The molecule has 1 aliphatic heterocycles. The molecule has 8 nitrogen and oxygen atoms in total. The molecular weight excluding hydrogens is 606 g/mol. The quantitative estimate of drug-likeness (QED) is 0.291. The first-order chi connectivity index (χ1) is 16.1. The van der Waals surface area contributed by atoms with Gasteiger partial charge < -0.3 is 10.2 Å². The number of primary sulfonamides is 1. The number of amides is 1. The molecule has 4 rings (SSSR count). The first-order valence-electron chi connectivity index (χ1n) is 9.76. The van der Waals surface area contributed by atoms with E-state index in [1.165, 1.54) is 18.2 Å². The van der Waals surface area contributed by atoms with Crippen molar-refractivity contribution in [2.75, 3.05) is 10.2 Å². The molecule has 4 N–H and O–H groups in total. The number of nitrogens with zero attached hydrogens (tertiary/aromatic N) is 2. The van der Waals surface area contributed by atoms with Crippen LogP contribution in [-0.4, -0.2) is 25.1 Å². The molecule has 0 saturated heterocycles. The minimum atomic E-state index is -3.86. The smallest absolute Gasteiger partial charge is 0.279 e. The maximum atomic E-state index is 13.3. The molecule has 1 amide bonds. The molecule has 0 radical (unpaired) electrons. The number of fused-ring (bicyclic) bond motifs is 1. The van der Waals surface area contributed by atoms with Crippen molar-refractivity contribution in [1.29, 1.82) is 0 Å². The second-order valence-corrected chi connectivity index (χ2v) is 11.0. The fourth-order valence-corrected chi connectivity index (χ4v) is 5.57. The molecule has 0 fully saturated rings. The lowest BCUT2D eigenvalue weighted by Gasteiger charge is -2.18. The Morgan fingerprint density at radius 1 is 1.06 bits per heavy atom. The van der Waals surface area contributed by atoms with E-state index in [1.807, 2.05) is 42.5 Å². The van der Waals surface area contributed by atoms with Crippen LogP contribution in [-0.2, 0) is 21.4 Å². The predicted molar refractivity (Wildman–Crippen MR) is 143 cm³/mol. The van der Waals surface area contributed by atoms with Crippen molar-refractivity contribution in [1.82, 2.24) is 5.43 Å². The van der Waals surface area contributed by atoms with Gasteiger partial charge in [0.15, 0.2) is 10.8 Å². The Morgan fingerprint density at radius 3 is 2.50 bits per heavy atom. The number of hydrogen-bond donors (Lipinski definition) is 3. The molecule has 0 unspecified atom stereocenters. The lowest BCUT2D eigenvalue weighted by atomic mass is 10.1. The summed E-state index contributed by atoms with van der Waals surface area (Å²) in [4.78, 5) is 14.9. The molecule has 0 bridgehead atoms. The Bertz CT molecular complexity index is 1430. The molecule has 0 saturated carbocycles. The third kappa shape index (κ3) is 5.36. The van der Waals surface area contributed by atoms with Crippen LogP contribution in [0.15, 0.2) is 85.7 Å². The Kier molecular flexibility index (Phi) is 7.14. The predicted octanol–water partition coefficient (Wildman–Crippen LogP) is 4.10. The van der Waals surface area contributed by atoms with Gasteiger partial charge in [-0.2, -0.15) is 5.10 Å². The van der Waals surface area contributed by atoms with Crippen LogP contribution in [0.1, 0.15) is 11.1 Å². The summed E-state index contributed by atoms with van der Waals surface area (Å²) in [6.07, 6.45) is 0. The number of carbonyl (C=O) groups excluding carboxylic acids is 1. The number of nitrogens with two attached hydrogens (primary N) is 1. The third-order valence-corrected chi connectivity index (χ3v) is 7.04. The van der Waals surface area contributed by atoms with Crippen LogP contribution < -0.4 is 20.8 Å². The fourth-order valence-electron chi connectivity index (χ4n) is 3.41. The van der Waals surface area contributed by atoms with Crippen LogP contribution in [0, 0.1) is 0 Å². The third-order valence-electron chi connectivity index (χ3n) is 4.87. The topological polar surface area (TPSA) is 117 Å². The summed E-state index contributed by atoms with van der Waals surface area (Å²) >= 11 is 12.3. The van der Waals surface area contributed by atoms with Gasteiger partial charge >= 0.3 is 0 Å². The first kappa shape index (κ1) is 24.5. The number of halogens is 2. The van der Waals surface area contributed by atoms with Crippen molar-refractivity contribution in [3.63, 3.8) is 0 Å². The number of thiocarbonyl (C=S) groups is 1. The van der Waals surface area contributed by atoms with Gasteiger partial charge in [-0.25, -0.2) is 13.6 Å². The highest BCUT2D eigenvalue weighted by molar-refractivity contribution is 9.11. The van der Waals surface area contributed by atoms with E-state index in [0.29, 0.717) is 23.5 Å². The minimum Gasteiger partial charge on any atom is -0.331 e. The largest absolute Gasteiger partial charge is 0.331 e. The van der Waals surface area contributed by atoms with Gasteiger partial charge in [-0.15, -0.1) is 0 Å². The number of rotatable bonds is 5. The Balaban J connectivity index is 1.59. The summed E-state index contributed by atoms with van der Waals surface area (Å²) < 4.78 is 24.7. The number of hydrogen-bond acceptors (Lipinski definition) is 5. The van der Waals surface area contributed by atoms with Crippen molar-refractivity contribution in [3.05, 3.63) is 86.8 Å². The number of hydrazone groups is 1. The lowest BCUT2D eigenvalue weighted by molar-refractivity contribution is -0.112. The highest BCUT2D eigenvalue weighted by Crippen LogP contribution is 2.39. The van der Waals surface area contributed by atoms with Crippen LogP contribution in [0.3, 0.4) is 0 Å². The Labute approximate surface area is 218 Å². The Morgan fingerprint density at radius 2 is 1.79 bits per heavy atom. The summed E-state index contributed by atoms with van der Waals surface area (Å²) in [5.74, 6) is -0.288. The molecule has 174 valence electrons. The number of carbonyl (C=O) groups is 1. The second kappa shape index (κ2) is 9.92. The second-order valence-electron chi connectivity index (χ2n) is 7.26. The average Bonchev–Trinajstić information content (AvgIpc) is 3.03. The van der Waals surface area contributed by atoms with Crippen LogP contribution in [0.5, 0.6) is 0 Å². The zero-order valence-corrected chi connectivity index (χ0v) is 22.1. The Hall–Kier alpha value is -2.64. The van der Waals surface area contributed by atoms with Crippen molar-refractivity contribution < 1.29 is 13.2 Å². The van der Waals surface area contributed by atoms with E-state index >= 15 is 0 Å². The molecule has 0 aliphatic carbocycles. The van der Waals surface area contributed by atoms with Crippen LogP contribution in [0.25, 0.3) is 0 Å². The van der Waals surface area contributed by atoms with E-state index in [4.69, 9.17) is 17.4 Å². The van der Waals surface area contributed by atoms with Crippen LogP contribution in [0.4, 0.5) is 11.4 Å². The average molecular weight is 623 g/mol. The number of benzene rings is 3. The highest BCUT2D eigenvalue weighted by atomic mass is 79.9. The van der Waals surface area contributed by atoms with Gasteiger partial charge in [0.2, 0.25) is 10.0 Å². The van der Waals surface area contributed by atoms with E-state index in [1.54, 1.807) is 11.0 Å². The number of sulfonamides is 1. The van der Waals surface area contributed by atoms with E-state index in [2.05, 4.69) is 47.7 Å². The maximum Gasteiger partial charge on any atom is 0.279 e. The van der Waals surface area contributed by atoms with Crippen molar-refractivity contribution in [3.8, 4) is 0 Å². The summed E-state index contributed by atoms with van der Waals surface area (Å²) in [5.41, 5.74) is 5.58. The summed E-state index contributed by atoms with van der Waals surface area (Å²) in [6, 6.07) is 19.2. The van der Waals surface area contributed by atoms with Gasteiger partial charge in [-0.1, -0.05) is 52.3 Å². The van der Waals surface area contributed by atoms with Crippen molar-refractivity contribution >= 4 is 82.2 Å². The van der Waals surface area contributed by atoms with Gasteiger partial charge in [0.05, 0.1) is 17.1 Å². The summed E-state index contributed by atoms with van der Waals surface area (Å²) in [6.45, 7) is 0.370. The zero-order valence-electron chi connectivity index (χ0n) is 17.3. The first-order valence-corrected chi connectivity index (χ1v) is 13.3. The van der Waals surface area contributed by atoms with Crippen LogP contribution >= 0.6 is 44.1 Å². The van der Waals surface area contributed by atoms with Crippen molar-refractivity contribution in [2.45, 2.75) is 11.4 Å². The monoisotopic (exact) mass is 621 g/mol. The van der Waals surface area contributed by atoms with Crippen molar-refractivity contribution in [2.24, 2.45) is 10.2 Å². The molecule has 3 aromatic rings. The minimum absolute atomic E-state index is 0.0576. The van der Waals surface area contributed by atoms with Crippen LogP contribution in [0.2, 0.25) is 0 Å².